The molecule has 2 aromatic rings. The summed E-state index contributed by atoms with van der Waals surface area (Å²) in [6, 6.07) is 3.91. The van der Waals surface area contributed by atoms with Gasteiger partial charge in [-0.15, -0.1) is 21.5 Å². The minimum Gasteiger partial charge on any atom is -0.339 e. The summed E-state index contributed by atoms with van der Waals surface area (Å²) in [7, 11) is 0. The maximum atomic E-state index is 13.1. The highest BCUT2D eigenvalue weighted by Gasteiger charge is 2.31. The first-order valence-corrected chi connectivity index (χ1v) is 9.39. The summed E-state index contributed by atoms with van der Waals surface area (Å²) in [5.41, 5.74) is 0.364. The second-order valence-corrected chi connectivity index (χ2v) is 7.89. The van der Waals surface area contributed by atoms with Crippen LogP contribution < -0.4 is 0 Å². The van der Waals surface area contributed by atoms with Crippen LogP contribution in [0.1, 0.15) is 57.9 Å². The third kappa shape index (κ3) is 3.17. The predicted molar refractivity (Wildman–Crippen MR) is 91.2 cm³/mol. The molecule has 4 nitrogen and oxygen atoms in total. The van der Waals surface area contributed by atoms with E-state index in [0.29, 0.717) is 30.5 Å². The summed E-state index contributed by atoms with van der Waals surface area (Å²) in [6.45, 7) is 1.32. The Hall–Kier alpha value is -1.53. The second-order valence-electron chi connectivity index (χ2n) is 6.44. The molecule has 0 unspecified atom stereocenters. The molecule has 1 aromatic carbocycles. The van der Waals surface area contributed by atoms with Crippen LogP contribution in [-0.2, 0) is 0 Å². The highest BCUT2D eigenvalue weighted by atomic mass is 35.5. The first-order chi connectivity index (χ1) is 11.6. The van der Waals surface area contributed by atoms with Crippen LogP contribution in [0.2, 0.25) is 5.02 Å². The van der Waals surface area contributed by atoms with Crippen LogP contribution in [0.3, 0.4) is 0 Å². The molecule has 0 spiro atoms. The van der Waals surface area contributed by atoms with E-state index in [1.165, 1.54) is 36.0 Å². The Morgan fingerprint density at radius 3 is 2.33 bits per heavy atom. The Kier molecular flexibility index (Phi) is 4.26. The fourth-order valence-electron chi connectivity index (χ4n) is 3.07. The van der Waals surface area contributed by atoms with Gasteiger partial charge in [0.2, 0.25) is 0 Å². The van der Waals surface area contributed by atoms with Gasteiger partial charge in [0.25, 0.3) is 5.91 Å². The largest absolute Gasteiger partial charge is 0.339 e. The van der Waals surface area contributed by atoms with Gasteiger partial charge in [0.15, 0.2) is 0 Å². The SMILES string of the molecule is O=C(c1ccc(F)cc1Cl)N1CCC(c2nnc(C3CC3)s2)CC1. The van der Waals surface area contributed by atoms with Gasteiger partial charge < -0.3 is 4.90 Å². The van der Waals surface area contributed by atoms with Crippen molar-refractivity contribution in [3.05, 3.63) is 44.6 Å². The molecule has 7 heteroatoms. The van der Waals surface area contributed by atoms with Gasteiger partial charge in [-0.25, -0.2) is 4.39 Å². The van der Waals surface area contributed by atoms with Crippen molar-refractivity contribution < 1.29 is 9.18 Å². The maximum Gasteiger partial charge on any atom is 0.255 e. The lowest BCUT2D eigenvalue weighted by Gasteiger charge is -2.31. The first-order valence-electron chi connectivity index (χ1n) is 8.19. The van der Waals surface area contributed by atoms with Crippen molar-refractivity contribution in [1.29, 1.82) is 0 Å². The van der Waals surface area contributed by atoms with E-state index in [4.69, 9.17) is 11.6 Å². The molecule has 1 aliphatic heterocycles. The minimum absolute atomic E-state index is 0.130. The van der Waals surface area contributed by atoms with E-state index in [1.807, 2.05) is 0 Å². The van der Waals surface area contributed by atoms with Crippen molar-refractivity contribution in [2.24, 2.45) is 0 Å². The van der Waals surface area contributed by atoms with Crippen molar-refractivity contribution in [3.63, 3.8) is 0 Å². The summed E-state index contributed by atoms with van der Waals surface area (Å²) in [6.07, 6.45) is 4.23. The standard InChI is InChI=1S/C17H17ClFN3OS/c18-14-9-12(19)3-4-13(14)17(23)22-7-5-11(6-8-22)16-21-20-15(24-16)10-1-2-10/h3-4,9-11H,1-2,5-8H2. The number of benzene rings is 1. The summed E-state index contributed by atoms with van der Waals surface area (Å²) in [5.74, 6) is 0.452. The topological polar surface area (TPSA) is 46.1 Å². The van der Waals surface area contributed by atoms with E-state index in [1.54, 1.807) is 16.2 Å². The predicted octanol–water partition coefficient (Wildman–Crippen LogP) is 4.23. The molecule has 0 bridgehead atoms. The summed E-state index contributed by atoms with van der Waals surface area (Å²) < 4.78 is 13.1. The average molecular weight is 366 g/mol. The Labute approximate surface area is 148 Å². The number of hydrogen-bond acceptors (Lipinski definition) is 4. The zero-order valence-electron chi connectivity index (χ0n) is 13.0. The van der Waals surface area contributed by atoms with Crippen molar-refractivity contribution in [2.45, 2.75) is 37.5 Å². The molecule has 1 saturated heterocycles. The van der Waals surface area contributed by atoms with E-state index in [0.717, 1.165) is 17.8 Å². The molecule has 0 radical (unpaired) electrons. The molecule has 1 aliphatic carbocycles. The van der Waals surface area contributed by atoms with Gasteiger partial charge in [0.1, 0.15) is 15.8 Å². The van der Waals surface area contributed by atoms with Gasteiger partial charge in [-0.1, -0.05) is 11.6 Å². The number of rotatable bonds is 3. The van der Waals surface area contributed by atoms with E-state index in [-0.39, 0.29) is 10.9 Å². The van der Waals surface area contributed by atoms with Crippen molar-refractivity contribution in [3.8, 4) is 0 Å². The number of nitrogens with zero attached hydrogens (tertiary/aromatic N) is 3. The van der Waals surface area contributed by atoms with E-state index in [2.05, 4.69) is 10.2 Å². The summed E-state index contributed by atoms with van der Waals surface area (Å²) in [4.78, 5) is 14.4. The number of carbonyl (C=O) groups is 1. The minimum atomic E-state index is -0.432. The monoisotopic (exact) mass is 365 g/mol. The lowest BCUT2D eigenvalue weighted by molar-refractivity contribution is 0.0713. The molecule has 2 heterocycles. The van der Waals surface area contributed by atoms with Crippen LogP contribution in [0, 0.1) is 5.82 Å². The molecule has 0 N–H and O–H groups in total. The van der Waals surface area contributed by atoms with Gasteiger partial charge in [0, 0.05) is 24.9 Å². The van der Waals surface area contributed by atoms with E-state index < -0.39 is 5.82 Å². The van der Waals surface area contributed by atoms with Crippen molar-refractivity contribution in [1.82, 2.24) is 15.1 Å². The smallest absolute Gasteiger partial charge is 0.255 e. The van der Waals surface area contributed by atoms with Crippen LogP contribution in [0.4, 0.5) is 4.39 Å². The number of halogens is 2. The number of carbonyl (C=O) groups excluding carboxylic acids is 1. The molecule has 2 aliphatic rings. The van der Waals surface area contributed by atoms with Crippen LogP contribution in [0.15, 0.2) is 18.2 Å². The average Bonchev–Trinajstić information content (AvgIpc) is 3.32. The number of likely N-dealkylation sites (tertiary alicyclic amines) is 1. The van der Waals surface area contributed by atoms with Crippen LogP contribution in [0.25, 0.3) is 0 Å². The molecule has 1 saturated carbocycles. The quantitative estimate of drug-likeness (QED) is 0.817. The number of piperidine rings is 1. The first kappa shape index (κ1) is 16.0. The van der Waals surface area contributed by atoms with Crippen LogP contribution in [-0.4, -0.2) is 34.1 Å². The fraction of sp³-hybridized carbons (Fsp3) is 0.471. The van der Waals surface area contributed by atoms with Gasteiger partial charge in [0.05, 0.1) is 10.6 Å². The van der Waals surface area contributed by atoms with E-state index in [9.17, 15) is 9.18 Å². The molecule has 2 fully saturated rings. The maximum absolute atomic E-state index is 13.1. The third-order valence-corrected chi connectivity index (χ3v) is 6.24. The van der Waals surface area contributed by atoms with Gasteiger partial charge >= 0.3 is 0 Å². The zero-order chi connectivity index (χ0) is 16.7. The molecular weight excluding hydrogens is 349 g/mol. The molecule has 1 aromatic heterocycles. The molecule has 1 amide bonds. The third-order valence-electron chi connectivity index (χ3n) is 4.68. The highest BCUT2D eigenvalue weighted by Crippen LogP contribution is 2.43. The molecule has 4 rings (SSSR count). The Bertz CT molecular complexity index is 769. The lowest BCUT2D eigenvalue weighted by atomic mass is 9.97. The molecular formula is C17H17ClFN3OS. The van der Waals surface area contributed by atoms with Crippen molar-refractivity contribution >= 4 is 28.8 Å². The normalized spacial score (nSPS) is 18.8. The van der Waals surface area contributed by atoms with E-state index >= 15 is 0 Å². The Balaban J connectivity index is 1.40. The fourth-order valence-corrected chi connectivity index (χ4v) is 4.50. The highest BCUT2D eigenvalue weighted by molar-refractivity contribution is 7.11. The van der Waals surface area contributed by atoms with Gasteiger partial charge in [-0.3, -0.25) is 4.79 Å². The molecule has 24 heavy (non-hydrogen) atoms. The molecule has 0 atom stereocenters. The number of amides is 1. The lowest BCUT2D eigenvalue weighted by Crippen LogP contribution is -2.38. The second kappa shape index (κ2) is 6.41. The summed E-state index contributed by atoms with van der Waals surface area (Å²) in [5, 5.41) is 11.1. The number of hydrogen-bond donors (Lipinski definition) is 0. The summed E-state index contributed by atoms with van der Waals surface area (Å²) >= 11 is 7.73. The zero-order valence-corrected chi connectivity index (χ0v) is 14.6. The Morgan fingerprint density at radius 1 is 1.12 bits per heavy atom. The Morgan fingerprint density at radius 2 is 1.75 bits per heavy atom. The van der Waals surface area contributed by atoms with Crippen LogP contribution in [0.5, 0.6) is 0 Å². The van der Waals surface area contributed by atoms with Crippen LogP contribution >= 0.6 is 22.9 Å². The molecule has 126 valence electrons. The number of aromatic nitrogens is 2. The van der Waals surface area contributed by atoms with Gasteiger partial charge in [-0.2, -0.15) is 0 Å². The van der Waals surface area contributed by atoms with Gasteiger partial charge in [-0.05, 0) is 43.9 Å². The van der Waals surface area contributed by atoms with Crippen molar-refractivity contribution in [2.75, 3.05) is 13.1 Å².